The fourth-order valence-electron chi connectivity index (χ4n) is 11.7. The van der Waals surface area contributed by atoms with Gasteiger partial charge in [-0.2, -0.15) is 20.4 Å². The smallest absolute Gasteiger partial charge is 0.341 e. The van der Waals surface area contributed by atoms with Gasteiger partial charge in [0.25, 0.3) is 5.91 Å². The Hall–Kier alpha value is -13.6. The number of aryl methyl sites for hydroxylation is 1. The zero-order chi connectivity index (χ0) is 77.3. The normalized spacial score (nSPS) is 11.8. The van der Waals surface area contributed by atoms with Crippen molar-refractivity contribution in [1.82, 2.24) is 45.7 Å². The number of nitrogens with zero attached hydrogens (tertiary/aromatic N) is 5. The number of ketones is 4. The van der Waals surface area contributed by atoms with Crippen LogP contribution in [0.2, 0.25) is 0 Å². The summed E-state index contributed by atoms with van der Waals surface area (Å²) in [5.41, 5.74) is 12.9. The maximum atomic E-state index is 12.6. The highest BCUT2D eigenvalue weighted by atomic mass is 16.5. The summed E-state index contributed by atoms with van der Waals surface area (Å²) in [5, 5.41) is 41.3. The predicted molar refractivity (Wildman–Crippen MR) is 416 cm³/mol. The number of H-pyrrole nitrogens is 3. The van der Waals surface area contributed by atoms with E-state index in [-0.39, 0.29) is 59.6 Å². The zero-order valence-corrected chi connectivity index (χ0v) is 61.3. The molecule has 1 saturated carbocycles. The van der Waals surface area contributed by atoms with E-state index in [0.29, 0.717) is 95.1 Å². The summed E-state index contributed by atoms with van der Waals surface area (Å²) < 4.78 is 33.9. The van der Waals surface area contributed by atoms with Gasteiger partial charge >= 0.3 is 17.9 Å². The zero-order valence-electron chi connectivity index (χ0n) is 61.3. The van der Waals surface area contributed by atoms with E-state index in [1.165, 1.54) is 48.2 Å². The van der Waals surface area contributed by atoms with Gasteiger partial charge in [0.15, 0.2) is 23.1 Å². The minimum Gasteiger partial charge on any atom is -0.495 e. The molecule has 4 aromatic heterocycles. The first kappa shape index (κ1) is 77.0. The largest absolute Gasteiger partial charge is 0.495 e. The molecule has 8 aromatic carbocycles. The third-order valence-corrected chi connectivity index (χ3v) is 17.2. The van der Waals surface area contributed by atoms with Gasteiger partial charge in [-0.3, -0.25) is 44.0 Å². The van der Waals surface area contributed by atoms with Gasteiger partial charge in [0.1, 0.15) is 39.7 Å². The summed E-state index contributed by atoms with van der Waals surface area (Å²) in [5.74, 6) is -0.427. The third-order valence-electron chi connectivity index (χ3n) is 17.2. The van der Waals surface area contributed by atoms with E-state index in [1.807, 2.05) is 128 Å². The molecule has 1 aliphatic carbocycles. The number of methoxy groups -OCH3 is 4. The number of benzene rings is 8. The molecule has 108 heavy (non-hydrogen) atoms. The standard InChI is InChI=1S/C22H21N3O3.C22H22N2O4.C21H20N2O4.C19H16N2O4/c1-13(26)15-5-3-4-14(12-15)6-10-18-20-19(25-24-18)11-9-17(21(20)28-2)22(27)23-16-7-8-16;1-5-28-22(26)17-10-12-19-20(21(17)27-4)18(23-24(19)3)11-9-15-7-6-8-16(13-15)14(2)25;1-4-27-21(25)16-9-11-18-19(20(16)26-3)17(22-23-18)10-8-14-6-5-7-15(12-14)13(2)24;1-11(22)13-5-3-4-12(10-13)6-8-15-17-16(21-20-15)9-7-14(19(23)24)18(17)25-2/h3-6,9-12,16H,7-8H2,1-2H3,(H,23,27)(H,24,25);6-13H,5H2,1-4H3;5-12H,4H2,1-3H3,(H,22,23);3-10H,1-2H3,(H,20,21)(H,23,24)/b10-6+;11-9+;10-8+;8-6+. The first-order chi connectivity index (χ1) is 52.1. The van der Waals surface area contributed by atoms with Crippen molar-refractivity contribution in [2.45, 2.75) is 60.4 Å². The predicted octanol–water partition coefficient (Wildman–Crippen LogP) is 15.7. The molecule has 24 nitrogen and oxygen atoms in total. The topological polar surface area (TPSA) is 328 Å². The maximum absolute atomic E-state index is 12.6. The first-order valence-electron chi connectivity index (χ1n) is 34.3. The van der Waals surface area contributed by atoms with Crippen LogP contribution in [0.25, 0.3) is 92.2 Å². The van der Waals surface area contributed by atoms with E-state index in [2.05, 4.69) is 41.0 Å². The monoisotopic (exact) mass is 1450 g/mol. The highest BCUT2D eigenvalue weighted by molar-refractivity contribution is 6.08. The van der Waals surface area contributed by atoms with E-state index >= 15 is 0 Å². The van der Waals surface area contributed by atoms with Crippen molar-refractivity contribution in [3.8, 4) is 23.0 Å². The molecule has 0 atom stereocenters. The fourth-order valence-corrected chi connectivity index (χ4v) is 11.7. The average Bonchev–Trinajstić information content (AvgIpc) is 1.60. The van der Waals surface area contributed by atoms with Crippen LogP contribution in [0, 0.1) is 0 Å². The molecule has 1 amide bonds. The van der Waals surface area contributed by atoms with Crippen LogP contribution >= 0.6 is 0 Å². The molecule has 13 rings (SSSR count). The first-order valence-corrected chi connectivity index (χ1v) is 34.3. The van der Waals surface area contributed by atoms with E-state index in [4.69, 9.17) is 28.4 Å². The van der Waals surface area contributed by atoms with Crippen LogP contribution in [0.15, 0.2) is 146 Å². The highest BCUT2D eigenvalue weighted by Crippen LogP contribution is 2.38. The van der Waals surface area contributed by atoms with Gasteiger partial charge < -0.3 is 38.8 Å². The van der Waals surface area contributed by atoms with Crippen molar-refractivity contribution in [2.75, 3.05) is 41.7 Å². The SMILES string of the molecule is CCOC(=O)c1ccc2c(c(/C=C/c3cccc(C(C)=O)c3)nn2C)c1OC.CCOC(=O)c1ccc2n[nH]c(/C=C/c3cccc(C(C)=O)c3)c2c1OC.COc1c(C(=O)NC2CC2)ccc2n[nH]c(/C=C/c3cccc(C(C)=O)c3)c12.COc1c(C(=O)O)ccc2n[nH]c(/C=C/c3cccc(C(C)=O)c3)c12. The second-order valence-corrected chi connectivity index (χ2v) is 24.6. The molecular formula is C84H79N9O15. The Kier molecular flexibility index (Phi) is 25.1. The second-order valence-electron chi connectivity index (χ2n) is 24.6. The van der Waals surface area contributed by atoms with E-state index in [9.17, 15) is 43.5 Å². The average molecular weight is 1450 g/mol. The second kappa shape index (κ2) is 35.2. The Bertz CT molecular complexity index is 5570. The summed E-state index contributed by atoms with van der Waals surface area (Å²) in [6.45, 7) is 10.2. The Morgan fingerprint density at radius 2 is 0.778 bits per heavy atom. The lowest BCUT2D eigenvalue weighted by molar-refractivity contribution is 0.0513. The third kappa shape index (κ3) is 18.1. The molecule has 0 spiro atoms. The molecule has 0 unspecified atom stereocenters. The Balaban J connectivity index is 0.000000154. The van der Waals surface area contributed by atoms with Gasteiger partial charge in [0, 0.05) is 35.3 Å². The highest BCUT2D eigenvalue weighted by Gasteiger charge is 2.28. The number of aromatic amines is 3. The Labute approximate surface area is 621 Å². The summed E-state index contributed by atoms with van der Waals surface area (Å²) >= 11 is 0. The molecule has 1 fully saturated rings. The van der Waals surface area contributed by atoms with Gasteiger partial charge in [0.2, 0.25) is 0 Å². The number of carbonyl (C=O) groups excluding carboxylic acids is 7. The van der Waals surface area contributed by atoms with Crippen LogP contribution < -0.4 is 24.3 Å². The minimum atomic E-state index is -1.07. The molecule has 1 aliphatic rings. The quantitative estimate of drug-likeness (QED) is 0.0293. The summed E-state index contributed by atoms with van der Waals surface area (Å²) in [6.07, 6.45) is 16.9. The number of carboxylic acid groups (broad SMARTS) is 1. The number of esters is 2. The van der Waals surface area contributed by atoms with Crippen LogP contribution in [0.1, 0.15) is 182 Å². The van der Waals surface area contributed by atoms with Gasteiger partial charge in [-0.1, -0.05) is 97.1 Å². The van der Waals surface area contributed by atoms with Gasteiger partial charge in [0.05, 0.1) is 114 Å². The number of carboxylic acids is 1. The molecule has 4 heterocycles. The molecule has 550 valence electrons. The van der Waals surface area contributed by atoms with Gasteiger partial charge in [-0.15, -0.1) is 0 Å². The fraction of sp³-hybridized carbons (Fsp3) is 0.190. The van der Waals surface area contributed by atoms with Crippen LogP contribution in [-0.4, -0.2) is 140 Å². The number of nitrogens with one attached hydrogen (secondary N) is 4. The van der Waals surface area contributed by atoms with Crippen molar-refractivity contribution in [3.63, 3.8) is 0 Å². The number of aromatic carboxylic acids is 1. The van der Waals surface area contributed by atoms with Gasteiger partial charge in [-0.05, 0) is 174 Å². The van der Waals surface area contributed by atoms with Crippen molar-refractivity contribution in [3.05, 3.63) is 235 Å². The number of Topliss-reactive ketones (excluding diaryl/α,β-unsaturated/α-hetero) is 4. The molecular weight excluding hydrogens is 1370 g/mol. The van der Waals surface area contributed by atoms with Crippen LogP contribution in [0.3, 0.4) is 0 Å². The molecule has 0 bridgehead atoms. The summed E-state index contributed by atoms with van der Waals surface area (Å²) in [4.78, 5) is 94.6. The molecule has 24 heteroatoms. The number of hydrogen-bond donors (Lipinski definition) is 5. The molecule has 0 saturated heterocycles. The van der Waals surface area contributed by atoms with Crippen LogP contribution in [-0.2, 0) is 16.5 Å². The maximum Gasteiger partial charge on any atom is 0.341 e. The van der Waals surface area contributed by atoms with Crippen molar-refractivity contribution < 1.29 is 71.9 Å². The van der Waals surface area contributed by atoms with Crippen molar-refractivity contribution in [2.24, 2.45) is 7.05 Å². The molecule has 0 aliphatic heterocycles. The van der Waals surface area contributed by atoms with Gasteiger partial charge in [-0.25, -0.2) is 14.4 Å². The van der Waals surface area contributed by atoms with E-state index < -0.39 is 17.9 Å². The lowest BCUT2D eigenvalue weighted by Crippen LogP contribution is -2.25. The van der Waals surface area contributed by atoms with Crippen LogP contribution in [0.5, 0.6) is 23.0 Å². The van der Waals surface area contributed by atoms with Crippen molar-refractivity contribution >= 4 is 139 Å². The number of carbonyl (C=O) groups is 8. The van der Waals surface area contributed by atoms with Crippen LogP contribution in [0.4, 0.5) is 0 Å². The minimum absolute atomic E-state index is 0.00462. The van der Waals surface area contributed by atoms with E-state index in [1.54, 1.807) is 99.3 Å². The molecule has 12 aromatic rings. The lowest BCUT2D eigenvalue weighted by atomic mass is 10.1. The summed E-state index contributed by atoms with van der Waals surface area (Å²) in [7, 11) is 7.85. The van der Waals surface area contributed by atoms with Crippen molar-refractivity contribution in [1.29, 1.82) is 0 Å². The Morgan fingerprint density at radius 1 is 0.444 bits per heavy atom. The number of hydrogen-bond acceptors (Lipinski definition) is 18. The Morgan fingerprint density at radius 3 is 1.13 bits per heavy atom. The molecule has 5 N–H and O–H groups in total. The lowest BCUT2D eigenvalue weighted by Gasteiger charge is -2.10. The summed E-state index contributed by atoms with van der Waals surface area (Å²) in [6, 6.07) is 43.1. The van der Waals surface area contributed by atoms with E-state index in [0.717, 1.165) is 62.6 Å². The number of rotatable bonds is 23. The number of fused-ring (bicyclic) bond motifs is 4. The number of amides is 1. The number of ether oxygens (including phenoxy) is 6. The molecule has 0 radical (unpaired) electrons. The number of aromatic nitrogens is 8.